The van der Waals surface area contributed by atoms with Crippen LogP contribution in [-0.2, 0) is 9.59 Å². The van der Waals surface area contributed by atoms with E-state index in [-0.39, 0.29) is 29.9 Å². The Hall–Kier alpha value is -1.06. The highest BCUT2D eigenvalue weighted by Gasteiger charge is 2.41. The Labute approximate surface area is 123 Å². The van der Waals surface area contributed by atoms with E-state index in [4.69, 9.17) is 0 Å². The van der Waals surface area contributed by atoms with Gasteiger partial charge in [-0.1, -0.05) is 40.5 Å². The normalized spacial score (nSPS) is 25.0. The number of rotatable bonds is 7. The smallest absolute Gasteiger partial charge is 0.246 e. The SMILES string of the molecule is CCCC1NC(=O)C(CC(C)C)N(C(C)CCC)C1=O. The lowest BCUT2D eigenvalue weighted by Crippen LogP contribution is -2.65. The molecule has 0 spiro atoms. The van der Waals surface area contributed by atoms with Crippen LogP contribution in [0.5, 0.6) is 0 Å². The van der Waals surface area contributed by atoms with E-state index in [0.717, 1.165) is 32.1 Å². The molecule has 1 aliphatic rings. The molecule has 0 saturated carbocycles. The van der Waals surface area contributed by atoms with Gasteiger partial charge < -0.3 is 10.2 Å². The minimum absolute atomic E-state index is 0.0275. The number of hydrogen-bond acceptors (Lipinski definition) is 2. The Bertz CT molecular complexity index is 341. The highest BCUT2D eigenvalue weighted by molar-refractivity contribution is 5.97. The molecule has 0 aromatic heterocycles. The number of amides is 2. The predicted molar refractivity (Wildman–Crippen MR) is 81.3 cm³/mol. The molecule has 0 radical (unpaired) electrons. The van der Waals surface area contributed by atoms with Gasteiger partial charge in [-0.05, 0) is 32.1 Å². The van der Waals surface area contributed by atoms with E-state index in [9.17, 15) is 9.59 Å². The van der Waals surface area contributed by atoms with Gasteiger partial charge in [-0.3, -0.25) is 9.59 Å². The van der Waals surface area contributed by atoms with Gasteiger partial charge in [0.25, 0.3) is 0 Å². The minimum atomic E-state index is -0.324. The van der Waals surface area contributed by atoms with Gasteiger partial charge in [-0.2, -0.15) is 0 Å². The molecule has 0 aromatic rings. The second kappa shape index (κ2) is 7.65. The lowest BCUT2D eigenvalue weighted by molar-refractivity contribution is -0.152. The number of piperazine rings is 1. The fraction of sp³-hybridized carbons (Fsp3) is 0.875. The van der Waals surface area contributed by atoms with Gasteiger partial charge in [0.1, 0.15) is 12.1 Å². The maximum atomic E-state index is 12.7. The molecule has 116 valence electrons. The van der Waals surface area contributed by atoms with Gasteiger partial charge in [0.05, 0.1) is 0 Å². The third-order valence-corrected chi connectivity index (χ3v) is 3.96. The summed E-state index contributed by atoms with van der Waals surface area (Å²) in [6.07, 6.45) is 4.35. The second-order valence-corrected chi connectivity index (χ2v) is 6.38. The number of hydrogen-bond donors (Lipinski definition) is 1. The highest BCUT2D eigenvalue weighted by Crippen LogP contribution is 2.23. The molecule has 4 nitrogen and oxygen atoms in total. The van der Waals surface area contributed by atoms with E-state index in [1.165, 1.54) is 0 Å². The average Bonchev–Trinajstić information content (AvgIpc) is 2.35. The molecule has 1 N–H and O–H groups in total. The van der Waals surface area contributed by atoms with Crippen LogP contribution in [0.15, 0.2) is 0 Å². The zero-order valence-corrected chi connectivity index (χ0v) is 13.6. The van der Waals surface area contributed by atoms with Crippen molar-refractivity contribution in [3.63, 3.8) is 0 Å². The monoisotopic (exact) mass is 282 g/mol. The van der Waals surface area contributed by atoms with Gasteiger partial charge in [-0.15, -0.1) is 0 Å². The molecule has 0 aromatic carbocycles. The van der Waals surface area contributed by atoms with Crippen molar-refractivity contribution in [3.8, 4) is 0 Å². The largest absolute Gasteiger partial charge is 0.343 e. The number of nitrogens with zero attached hydrogens (tertiary/aromatic N) is 1. The Kier molecular flexibility index (Phi) is 6.50. The van der Waals surface area contributed by atoms with Crippen LogP contribution >= 0.6 is 0 Å². The molecule has 0 bridgehead atoms. The highest BCUT2D eigenvalue weighted by atomic mass is 16.2. The molecule has 1 heterocycles. The van der Waals surface area contributed by atoms with Crippen LogP contribution in [0, 0.1) is 5.92 Å². The third-order valence-electron chi connectivity index (χ3n) is 3.96. The zero-order chi connectivity index (χ0) is 15.3. The van der Waals surface area contributed by atoms with E-state index in [0.29, 0.717) is 5.92 Å². The Balaban J connectivity index is 2.96. The van der Waals surface area contributed by atoms with Crippen LogP contribution in [0.1, 0.15) is 66.7 Å². The summed E-state index contributed by atoms with van der Waals surface area (Å²) in [6.45, 7) is 10.4. The maximum Gasteiger partial charge on any atom is 0.246 e. The van der Waals surface area contributed by atoms with Crippen molar-refractivity contribution in [3.05, 3.63) is 0 Å². The van der Waals surface area contributed by atoms with Gasteiger partial charge in [0.2, 0.25) is 11.8 Å². The Morgan fingerprint density at radius 1 is 1.15 bits per heavy atom. The van der Waals surface area contributed by atoms with Crippen LogP contribution in [0.2, 0.25) is 0 Å². The molecule has 2 amide bonds. The van der Waals surface area contributed by atoms with Crippen molar-refractivity contribution in [2.24, 2.45) is 5.92 Å². The third kappa shape index (κ3) is 3.97. The van der Waals surface area contributed by atoms with E-state index in [1.54, 1.807) is 0 Å². The maximum absolute atomic E-state index is 12.7. The van der Waals surface area contributed by atoms with Crippen LogP contribution in [0.25, 0.3) is 0 Å². The van der Waals surface area contributed by atoms with Crippen LogP contribution in [0.4, 0.5) is 0 Å². The molecule has 4 heteroatoms. The molecule has 3 unspecified atom stereocenters. The summed E-state index contributed by atoms with van der Waals surface area (Å²) in [5.74, 6) is 0.537. The molecule has 1 rings (SSSR count). The predicted octanol–water partition coefficient (Wildman–Crippen LogP) is 2.72. The first-order valence-electron chi connectivity index (χ1n) is 8.04. The van der Waals surface area contributed by atoms with Crippen molar-refractivity contribution in [1.29, 1.82) is 0 Å². The van der Waals surface area contributed by atoms with Gasteiger partial charge in [-0.25, -0.2) is 0 Å². The van der Waals surface area contributed by atoms with Crippen molar-refractivity contribution < 1.29 is 9.59 Å². The number of carbonyl (C=O) groups is 2. The van der Waals surface area contributed by atoms with Crippen LogP contribution in [-0.4, -0.2) is 34.8 Å². The molecular formula is C16H30N2O2. The topological polar surface area (TPSA) is 49.4 Å². The molecule has 1 aliphatic heterocycles. The summed E-state index contributed by atoms with van der Waals surface area (Å²) in [5.41, 5.74) is 0. The summed E-state index contributed by atoms with van der Waals surface area (Å²) in [6, 6.07) is -0.478. The molecule has 3 atom stereocenters. The first kappa shape index (κ1) is 17.0. The van der Waals surface area contributed by atoms with E-state index < -0.39 is 0 Å². The first-order valence-corrected chi connectivity index (χ1v) is 8.04. The molecule has 1 saturated heterocycles. The van der Waals surface area contributed by atoms with E-state index in [2.05, 4.69) is 33.0 Å². The van der Waals surface area contributed by atoms with Gasteiger partial charge in [0, 0.05) is 6.04 Å². The summed E-state index contributed by atoms with van der Waals surface area (Å²) in [5, 5.41) is 2.92. The fourth-order valence-electron chi connectivity index (χ4n) is 3.02. The standard InChI is InChI=1S/C16H30N2O2/c1-6-8-12(5)18-14(10-11(3)4)15(19)17-13(9-7-2)16(18)20/h11-14H,6-10H2,1-5H3,(H,17,19). The molecule has 1 fully saturated rings. The zero-order valence-electron chi connectivity index (χ0n) is 13.6. The molecular weight excluding hydrogens is 252 g/mol. The van der Waals surface area contributed by atoms with Crippen molar-refractivity contribution in [1.82, 2.24) is 10.2 Å². The fourth-order valence-corrected chi connectivity index (χ4v) is 3.02. The van der Waals surface area contributed by atoms with Gasteiger partial charge >= 0.3 is 0 Å². The van der Waals surface area contributed by atoms with Crippen LogP contribution < -0.4 is 5.32 Å². The lowest BCUT2D eigenvalue weighted by Gasteiger charge is -2.43. The molecule has 20 heavy (non-hydrogen) atoms. The average molecular weight is 282 g/mol. The number of nitrogens with one attached hydrogen (secondary N) is 1. The summed E-state index contributed by atoms with van der Waals surface area (Å²) < 4.78 is 0. The Morgan fingerprint density at radius 2 is 1.80 bits per heavy atom. The van der Waals surface area contributed by atoms with Crippen molar-refractivity contribution in [2.45, 2.75) is 84.8 Å². The van der Waals surface area contributed by atoms with E-state index in [1.807, 2.05) is 11.8 Å². The van der Waals surface area contributed by atoms with Crippen molar-refractivity contribution >= 4 is 11.8 Å². The summed E-state index contributed by atoms with van der Waals surface area (Å²) in [4.78, 5) is 26.9. The van der Waals surface area contributed by atoms with Crippen molar-refractivity contribution in [2.75, 3.05) is 0 Å². The Morgan fingerprint density at radius 3 is 2.30 bits per heavy atom. The van der Waals surface area contributed by atoms with Crippen LogP contribution in [0.3, 0.4) is 0 Å². The summed E-state index contributed by atoms with van der Waals surface area (Å²) >= 11 is 0. The van der Waals surface area contributed by atoms with Gasteiger partial charge in [0.15, 0.2) is 0 Å². The van der Waals surface area contributed by atoms with E-state index >= 15 is 0 Å². The number of carbonyl (C=O) groups excluding carboxylic acids is 2. The summed E-state index contributed by atoms with van der Waals surface area (Å²) in [7, 11) is 0. The minimum Gasteiger partial charge on any atom is -0.343 e. The molecule has 0 aliphatic carbocycles. The lowest BCUT2D eigenvalue weighted by atomic mass is 9.94. The second-order valence-electron chi connectivity index (χ2n) is 6.38. The first-order chi connectivity index (χ1) is 9.42. The quantitative estimate of drug-likeness (QED) is 0.780.